The third-order valence-corrected chi connectivity index (χ3v) is 3.95. The van der Waals surface area contributed by atoms with Crippen molar-refractivity contribution in [3.63, 3.8) is 0 Å². The first-order valence-electron chi connectivity index (χ1n) is 8.31. The van der Waals surface area contributed by atoms with Gasteiger partial charge in [-0.25, -0.2) is 4.68 Å². The van der Waals surface area contributed by atoms with Crippen molar-refractivity contribution in [3.05, 3.63) is 78.1 Å². The molecule has 1 heterocycles. The minimum atomic E-state index is -0.193. The molecule has 0 radical (unpaired) electrons. The average Bonchev–Trinajstić information content (AvgIpc) is 3.16. The van der Waals surface area contributed by atoms with Gasteiger partial charge in [0, 0.05) is 30.6 Å². The lowest BCUT2D eigenvalue weighted by atomic mass is 10.1. The maximum atomic E-state index is 12.5. The summed E-state index contributed by atoms with van der Waals surface area (Å²) in [6, 6.07) is 16.3. The van der Waals surface area contributed by atoms with Crippen LogP contribution in [0, 0.1) is 0 Å². The first-order valence-corrected chi connectivity index (χ1v) is 8.31. The molecular formula is C20H20N4O2. The predicted octanol–water partition coefficient (Wildman–Crippen LogP) is 3.32. The number of aromatic nitrogens is 2. The van der Waals surface area contributed by atoms with Crippen molar-refractivity contribution in [2.45, 2.75) is 19.9 Å². The van der Waals surface area contributed by atoms with Crippen LogP contribution in [0.15, 0.2) is 67.0 Å². The zero-order valence-electron chi connectivity index (χ0n) is 14.6. The van der Waals surface area contributed by atoms with Gasteiger partial charge in [-0.3, -0.25) is 9.59 Å². The second kappa shape index (κ2) is 7.65. The zero-order chi connectivity index (χ0) is 18.5. The van der Waals surface area contributed by atoms with E-state index >= 15 is 0 Å². The number of rotatable bonds is 5. The molecule has 0 saturated carbocycles. The van der Waals surface area contributed by atoms with Gasteiger partial charge in [-0.1, -0.05) is 12.1 Å². The van der Waals surface area contributed by atoms with Crippen LogP contribution in [0.3, 0.4) is 0 Å². The Kier molecular flexibility index (Phi) is 5.12. The van der Waals surface area contributed by atoms with E-state index in [2.05, 4.69) is 15.7 Å². The highest BCUT2D eigenvalue weighted by Crippen LogP contribution is 2.18. The molecule has 1 aromatic heterocycles. The van der Waals surface area contributed by atoms with Gasteiger partial charge in [0.05, 0.1) is 11.7 Å². The summed E-state index contributed by atoms with van der Waals surface area (Å²) in [7, 11) is 0. The summed E-state index contributed by atoms with van der Waals surface area (Å²) in [5.74, 6) is -0.287. The third kappa shape index (κ3) is 4.16. The van der Waals surface area contributed by atoms with E-state index in [-0.39, 0.29) is 17.9 Å². The number of benzene rings is 2. The minimum absolute atomic E-state index is 0.129. The van der Waals surface area contributed by atoms with E-state index in [0.29, 0.717) is 11.3 Å². The van der Waals surface area contributed by atoms with Crippen molar-refractivity contribution in [1.82, 2.24) is 15.1 Å². The number of carbonyl (C=O) groups is 2. The van der Waals surface area contributed by atoms with Crippen LogP contribution in [0.2, 0.25) is 0 Å². The van der Waals surface area contributed by atoms with Gasteiger partial charge in [0.2, 0.25) is 5.91 Å². The van der Waals surface area contributed by atoms with E-state index in [0.717, 1.165) is 11.3 Å². The number of nitrogens with zero attached hydrogens (tertiary/aromatic N) is 2. The van der Waals surface area contributed by atoms with Crippen molar-refractivity contribution >= 4 is 17.5 Å². The highest BCUT2D eigenvalue weighted by Gasteiger charge is 2.12. The van der Waals surface area contributed by atoms with E-state index in [9.17, 15) is 9.59 Å². The van der Waals surface area contributed by atoms with Crippen LogP contribution in [-0.4, -0.2) is 21.6 Å². The third-order valence-electron chi connectivity index (χ3n) is 3.95. The van der Waals surface area contributed by atoms with Crippen molar-refractivity contribution < 1.29 is 9.59 Å². The molecule has 6 heteroatoms. The van der Waals surface area contributed by atoms with Crippen LogP contribution in [0.25, 0.3) is 5.69 Å². The SMILES string of the molecule is CC(=O)Nc1cccc(C(C)NC(=O)c2ccc(-n3cccn3)cc2)c1. The molecule has 26 heavy (non-hydrogen) atoms. The molecule has 3 aromatic rings. The van der Waals surface area contributed by atoms with E-state index in [1.165, 1.54) is 6.92 Å². The Morgan fingerprint density at radius 1 is 1.08 bits per heavy atom. The number of nitrogens with one attached hydrogen (secondary N) is 2. The molecule has 6 nitrogen and oxygen atoms in total. The molecule has 132 valence electrons. The number of amides is 2. The standard InChI is InChI=1S/C20H20N4O2/c1-14(17-5-3-6-18(13-17)23-15(2)25)22-20(26)16-7-9-19(10-8-16)24-12-4-11-21-24/h3-14H,1-2H3,(H,22,26)(H,23,25). The van der Waals surface area contributed by atoms with Crippen molar-refractivity contribution in [3.8, 4) is 5.69 Å². The van der Waals surface area contributed by atoms with E-state index in [4.69, 9.17) is 0 Å². The Bertz CT molecular complexity index is 902. The fourth-order valence-corrected chi connectivity index (χ4v) is 2.64. The lowest BCUT2D eigenvalue weighted by molar-refractivity contribution is -0.114. The van der Waals surface area contributed by atoms with Crippen molar-refractivity contribution in [2.75, 3.05) is 5.32 Å². The van der Waals surface area contributed by atoms with Gasteiger partial charge in [0.15, 0.2) is 0 Å². The zero-order valence-corrected chi connectivity index (χ0v) is 14.6. The molecule has 1 unspecified atom stereocenters. The smallest absolute Gasteiger partial charge is 0.251 e. The first-order chi connectivity index (χ1) is 12.5. The second-order valence-electron chi connectivity index (χ2n) is 6.00. The van der Waals surface area contributed by atoms with Gasteiger partial charge >= 0.3 is 0 Å². The van der Waals surface area contributed by atoms with Gasteiger partial charge < -0.3 is 10.6 Å². The fraction of sp³-hybridized carbons (Fsp3) is 0.150. The maximum Gasteiger partial charge on any atom is 0.251 e. The Morgan fingerprint density at radius 2 is 1.85 bits per heavy atom. The number of hydrogen-bond donors (Lipinski definition) is 2. The van der Waals surface area contributed by atoms with Crippen LogP contribution in [0.5, 0.6) is 0 Å². The molecule has 0 aliphatic carbocycles. The summed E-state index contributed by atoms with van der Waals surface area (Å²) in [6.07, 6.45) is 3.55. The van der Waals surface area contributed by atoms with Crippen LogP contribution in [-0.2, 0) is 4.79 Å². The van der Waals surface area contributed by atoms with Crippen molar-refractivity contribution in [1.29, 1.82) is 0 Å². The van der Waals surface area contributed by atoms with Crippen LogP contribution < -0.4 is 10.6 Å². The summed E-state index contributed by atoms with van der Waals surface area (Å²) in [4.78, 5) is 23.7. The molecule has 0 aliphatic heterocycles. The largest absolute Gasteiger partial charge is 0.346 e. The number of carbonyl (C=O) groups excluding carboxylic acids is 2. The van der Waals surface area contributed by atoms with Crippen LogP contribution in [0.4, 0.5) is 5.69 Å². The van der Waals surface area contributed by atoms with Gasteiger partial charge in [0.25, 0.3) is 5.91 Å². The van der Waals surface area contributed by atoms with Crippen LogP contribution >= 0.6 is 0 Å². The van der Waals surface area contributed by atoms with Crippen LogP contribution in [0.1, 0.15) is 35.8 Å². The molecule has 3 rings (SSSR count). The highest BCUT2D eigenvalue weighted by atomic mass is 16.2. The number of anilines is 1. The molecule has 0 saturated heterocycles. The summed E-state index contributed by atoms with van der Waals surface area (Å²) in [5.41, 5.74) is 3.09. The number of hydrogen-bond acceptors (Lipinski definition) is 3. The van der Waals surface area contributed by atoms with E-state index in [1.807, 2.05) is 55.6 Å². The van der Waals surface area contributed by atoms with Gasteiger partial charge in [-0.2, -0.15) is 5.10 Å². The van der Waals surface area contributed by atoms with Gasteiger partial charge in [-0.05, 0) is 55.0 Å². The molecule has 0 fully saturated rings. The summed E-state index contributed by atoms with van der Waals surface area (Å²) in [5, 5.41) is 9.88. The summed E-state index contributed by atoms with van der Waals surface area (Å²) in [6.45, 7) is 3.37. The Labute approximate surface area is 151 Å². The molecule has 0 aliphatic rings. The first kappa shape index (κ1) is 17.4. The quantitative estimate of drug-likeness (QED) is 0.743. The van der Waals surface area contributed by atoms with E-state index in [1.54, 1.807) is 23.0 Å². The topological polar surface area (TPSA) is 76.0 Å². The molecule has 0 bridgehead atoms. The van der Waals surface area contributed by atoms with Gasteiger partial charge in [-0.15, -0.1) is 0 Å². The lowest BCUT2D eigenvalue weighted by Crippen LogP contribution is -2.26. The Morgan fingerprint density at radius 3 is 2.50 bits per heavy atom. The minimum Gasteiger partial charge on any atom is -0.346 e. The summed E-state index contributed by atoms with van der Waals surface area (Å²) >= 11 is 0. The Balaban J connectivity index is 1.68. The lowest BCUT2D eigenvalue weighted by Gasteiger charge is -2.16. The Hall–Kier alpha value is -3.41. The molecular weight excluding hydrogens is 328 g/mol. The molecule has 2 amide bonds. The monoisotopic (exact) mass is 348 g/mol. The van der Waals surface area contributed by atoms with Gasteiger partial charge in [0.1, 0.15) is 0 Å². The highest BCUT2D eigenvalue weighted by molar-refractivity contribution is 5.94. The molecule has 1 atom stereocenters. The average molecular weight is 348 g/mol. The van der Waals surface area contributed by atoms with E-state index < -0.39 is 0 Å². The molecule has 2 N–H and O–H groups in total. The molecule has 0 spiro atoms. The summed E-state index contributed by atoms with van der Waals surface area (Å²) < 4.78 is 1.73. The maximum absolute atomic E-state index is 12.5. The van der Waals surface area contributed by atoms with Crippen molar-refractivity contribution in [2.24, 2.45) is 0 Å². The molecule has 2 aromatic carbocycles. The normalized spacial score (nSPS) is 11.6. The predicted molar refractivity (Wildman–Crippen MR) is 100 cm³/mol. The fourth-order valence-electron chi connectivity index (χ4n) is 2.64. The second-order valence-corrected chi connectivity index (χ2v) is 6.00.